The molecule has 0 saturated heterocycles. The molecule has 0 aliphatic heterocycles. The Morgan fingerprint density at radius 1 is 0.882 bits per heavy atom. The van der Waals surface area contributed by atoms with Gasteiger partial charge < -0.3 is 14.7 Å². The van der Waals surface area contributed by atoms with Crippen LogP contribution in [0.15, 0.2) is 84.9 Å². The zero-order valence-electron chi connectivity index (χ0n) is 19.9. The fraction of sp³-hybridized carbons (Fsp3) is 0.310. The van der Waals surface area contributed by atoms with E-state index in [2.05, 4.69) is 24.3 Å². The Morgan fingerprint density at radius 2 is 1.44 bits per heavy atom. The first kappa shape index (κ1) is 25.0. The summed E-state index contributed by atoms with van der Waals surface area (Å²) in [5.41, 5.74) is 3.14. The van der Waals surface area contributed by atoms with E-state index in [1.165, 1.54) is 4.90 Å². The van der Waals surface area contributed by atoms with Crippen molar-refractivity contribution in [3.63, 3.8) is 0 Å². The molecule has 3 aromatic carbocycles. The number of ether oxygens (including phenoxy) is 1. The minimum Gasteiger partial charge on any atom is -0.494 e. The van der Waals surface area contributed by atoms with Gasteiger partial charge in [-0.2, -0.15) is 0 Å². The van der Waals surface area contributed by atoms with Gasteiger partial charge in [0.1, 0.15) is 11.8 Å². The molecule has 1 N–H and O–H groups in total. The highest BCUT2D eigenvalue weighted by Gasteiger charge is 2.27. The summed E-state index contributed by atoms with van der Waals surface area (Å²) in [5.74, 6) is -0.356. The highest BCUT2D eigenvalue weighted by atomic mass is 16.5. The molecule has 0 bridgehead atoms. The molecule has 1 atom stereocenters. The van der Waals surface area contributed by atoms with Crippen LogP contribution >= 0.6 is 0 Å². The molecule has 0 fully saturated rings. The van der Waals surface area contributed by atoms with Crippen molar-refractivity contribution >= 4 is 11.9 Å². The van der Waals surface area contributed by atoms with Gasteiger partial charge in [0, 0.05) is 25.8 Å². The summed E-state index contributed by atoms with van der Waals surface area (Å²) in [6.07, 6.45) is 2.03. The normalized spacial score (nSPS) is 11.7. The number of carboxylic acids is 1. The molecule has 0 spiro atoms. The van der Waals surface area contributed by atoms with Crippen molar-refractivity contribution in [1.82, 2.24) is 4.90 Å². The molecule has 0 heterocycles. The summed E-state index contributed by atoms with van der Waals surface area (Å²) in [5, 5.41) is 9.84. The minimum absolute atomic E-state index is 0.0682. The smallest absolute Gasteiger partial charge is 0.326 e. The summed E-state index contributed by atoms with van der Waals surface area (Å²) >= 11 is 0. The van der Waals surface area contributed by atoms with Crippen molar-refractivity contribution in [3.05, 3.63) is 102 Å². The molecule has 178 valence electrons. The highest BCUT2D eigenvalue weighted by molar-refractivity contribution is 5.83. The number of nitrogens with zero attached hydrogens (tertiary/aromatic N) is 1. The zero-order valence-corrected chi connectivity index (χ0v) is 19.9. The molecule has 0 aliphatic carbocycles. The van der Waals surface area contributed by atoms with E-state index < -0.39 is 12.0 Å². The Bertz CT molecular complexity index is 995. The monoisotopic (exact) mass is 459 g/mol. The number of aliphatic carboxylic acids is 1. The topological polar surface area (TPSA) is 66.8 Å². The lowest BCUT2D eigenvalue weighted by atomic mass is 9.87. The lowest BCUT2D eigenvalue weighted by Crippen LogP contribution is -2.43. The van der Waals surface area contributed by atoms with Gasteiger partial charge >= 0.3 is 5.97 Å². The fourth-order valence-electron chi connectivity index (χ4n) is 4.07. The molecule has 5 nitrogen and oxygen atoms in total. The average Bonchev–Trinajstić information content (AvgIpc) is 2.87. The predicted molar refractivity (Wildman–Crippen MR) is 134 cm³/mol. The van der Waals surface area contributed by atoms with Crippen molar-refractivity contribution in [2.45, 2.75) is 44.6 Å². The van der Waals surface area contributed by atoms with Gasteiger partial charge in [0.05, 0.1) is 6.61 Å². The Kier molecular flexibility index (Phi) is 9.27. The predicted octanol–water partition coefficient (Wildman–Crippen LogP) is 5.54. The van der Waals surface area contributed by atoms with Crippen LogP contribution in [-0.2, 0) is 16.0 Å². The van der Waals surface area contributed by atoms with Gasteiger partial charge in [0.15, 0.2) is 0 Å². The molecule has 1 unspecified atom stereocenters. The molecule has 5 heteroatoms. The van der Waals surface area contributed by atoms with Gasteiger partial charge in [-0.25, -0.2) is 4.79 Å². The Balaban J connectivity index is 1.67. The van der Waals surface area contributed by atoms with Gasteiger partial charge in [-0.3, -0.25) is 4.79 Å². The van der Waals surface area contributed by atoms with Crippen LogP contribution in [-0.4, -0.2) is 41.6 Å². The third kappa shape index (κ3) is 6.95. The Hall–Kier alpha value is -3.60. The molecule has 1 amide bonds. The number of carbonyl (C=O) groups is 2. The van der Waals surface area contributed by atoms with Crippen LogP contribution < -0.4 is 4.74 Å². The number of likely N-dealkylation sites (N-methyl/N-ethyl adjacent to an activating group) is 1. The van der Waals surface area contributed by atoms with E-state index in [0.717, 1.165) is 28.9 Å². The Labute approximate surface area is 202 Å². The SMILES string of the molecule is CCCOc1ccc(CC(C(=O)O)N(C)C(=O)CCC(c2ccccc2)c2ccccc2)cc1. The second kappa shape index (κ2) is 12.6. The van der Waals surface area contributed by atoms with E-state index in [0.29, 0.717) is 13.0 Å². The third-order valence-electron chi connectivity index (χ3n) is 6.02. The number of rotatable bonds is 12. The number of hydrogen-bond acceptors (Lipinski definition) is 3. The molecule has 3 rings (SSSR count). The molecule has 34 heavy (non-hydrogen) atoms. The summed E-state index contributed by atoms with van der Waals surface area (Å²) in [7, 11) is 1.58. The van der Waals surface area contributed by atoms with Crippen molar-refractivity contribution in [2.75, 3.05) is 13.7 Å². The van der Waals surface area contributed by atoms with E-state index in [9.17, 15) is 14.7 Å². The fourth-order valence-corrected chi connectivity index (χ4v) is 4.07. The standard InChI is InChI=1S/C29H33NO4/c1-3-20-34-25-16-14-22(15-17-25)21-27(29(32)33)30(2)28(31)19-18-26(23-10-6-4-7-11-23)24-12-8-5-9-13-24/h4-17,26-27H,3,18-21H2,1-2H3,(H,32,33). The van der Waals surface area contributed by atoms with Gasteiger partial charge in [-0.15, -0.1) is 0 Å². The molecular weight excluding hydrogens is 426 g/mol. The summed E-state index contributed by atoms with van der Waals surface area (Å²) < 4.78 is 5.59. The van der Waals surface area contributed by atoms with Gasteiger partial charge in [0.25, 0.3) is 0 Å². The number of amides is 1. The third-order valence-corrected chi connectivity index (χ3v) is 6.02. The Morgan fingerprint density at radius 3 is 1.94 bits per heavy atom. The van der Waals surface area contributed by atoms with Crippen LogP contribution in [0.3, 0.4) is 0 Å². The van der Waals surface area contributed by atoms with Gasteiger partial charge in [0.2, 0.25) is 5.91 Å². The number of benzene rings is 3. The first-order valence-electron chi connectivity index (χ1n) is 11.8. The first-order chi connectivity index (χ1) is 16.5. The van der Waals surface area contributed by atoms with Gasteiger partial charge in [-0.1, -0.05) is 79.7 Å². The van der Waals surface area contributed by atoms with Crippen molar-refractivity contribution in [1.29, 1.82) is 0 Å². The maximum Gasteiger partial charge on any atom is 0.326 e. The van der Waals surface area contributed by atoms with E-state index in [1.54, 1.807) is 7.05 Å². The number of carbonyl (C=O) groups excluding carboxylic acids is 1. The quantitative estimate of drug-likeness (QED) is 0.386. The summed E-state index contributed by atoms with van der Waals surface area (Å²) in [4.78, 5) is 26.5. The van der Waals surface area contributed by atoms with Crippen molar-refractivity contribution in [2.24, 2.45) is 0 Å². The maximum atomic E-state index is 13.1. The maximum absolute atomic E-state index is 13.1. The van der Waals surface area contributed by atoms with Crippen LogP contribution in [0, 0.1) is 0 Å². The zero-order chi connectivity index (χ0) is 24.3. The van der Waals surface area contributed by atoms with E-state index in [4.69, 9.17) is 4.74 Å². The average molecular weight is 460 g/mol. The minimum atomic E-state index is -1.01. The summed E-state index contributed by atoms with van der Waals surface area (Å²) in [6, 6.07) is 26.7. The van der Waals surface area contributed by atoms with E-state index >= 15 is 0 Å². The van der Waals surface area contributed by atoms with Crippen LogP contribution in [0.1, 0.15) is 48.8 Å². The van der Waals surface area contributed by atoms with Crippen LogP contribution in [0.5, 0.6) is 5.75 Å². The summed E-state index contributed by atoms with van der Waals surface area (Å²) in [6.45, 7) is 2.68. The highest BCUT2D eigenvalue weighted by Crippen LogP contribution is 2.29. The number of carboxylic acid groups (broad SMARTS) is 1. The van der Waals surface area contributed by atoms with E-state index in [-0.39, 0.29) is 24.7 Å². The molecule has 0 aromatic heterocycles. The van der Waals surface area contributed by atoms with Crippen molar-refractivity contribution < 1.29 is 19.4 Å². The number of hydrogen-bond donors (Lipinski definition) is 1. The van der Waals surface area contributed by atoms with Gasteiger partial charge in [-0.05, 0) is 41.7 Å². The second-order valence-corrected chi connectivity index (χ2v) is 8.47. The first-order valence-corrected chi connectivity index (χ1v) is 11.8. The van der Waals surface area contributed by atoms with Crippen LogP contribution in [0.2, 0.25) is 0 Å². The molecular formula is C29H33NO4. The molecule has 3 aromatic rings. The largest absolute Gasteiger partial charge is 0.494 e. The molecule has 0 radical (unpaired) electrons. The van der Waals surface area contributed by atoms with Crippen molar-refractivity contribution in [3.8, 4) is 5.75 Å². The van der Waals surface area contributed by atoms with Crippen LogP contribution in [0.25, 0.3) is 0 Å². The lowest BCUT2D eigenvalue weighted by Gasteiger charge is -2.26. The molecule has 0 aliphatic rings. The van der Waals surface area contributed by atoms with Crippen LogP contribution in [0.4, 0.5) is 0 Å². The molecule has 0 saturated carbocycles. The van der Waals surface area contributed by atoms with E-state index in [1.807, 2.05) is 67.6 Å². The second-order valence-electron chi connectivity index (χ2n) is 8.47. The lowest BCUT2D eigenvalue weighted by molar-refractivity contribution is -0.149.